The summed E-state index contributed by atoms with van der Waals surface area (Å²) in [5, 5.41) is 22.7. The van der Waals surface area contributed by atoms with E-state index in [2.05, 4.69) is 5.10 Å². The molecule has 0 amide bonds. The molecule has 0 fully saturated rings. The van der Waals surface area contributed by atoms with Crippen LogP contribution in [0, 0.1) is 0 Å². The van der Waals surface area contributed by atoms with Crippen LogP contribution in [0.25, 0.3) is 10.9 Å². The molecule has 2 aromatic rings. The fourth-order valence-electron chi connectivity index (χ4n) is 1.45. The van der Waals surface area contributed by atoms with Crippen molar-refractivity contribution in [1.29, 1.82) is 0 Å². The number of hydrogen-bond acceptors (Lipinski definition) is 4. The molecule has 1 heterocycles. The molecule has 0 radical (unpaired) electrons. The smallest absolute Gasteiger partial charge is 0.423 e. The lowest BCUT2D eigenvalue weighted by Gasteiger charge is -2.01. The molecule has 0 saturated carbocycles. The van der Waals surface area contributed by atoms with Crippen molar-refractivity contribution in [2.24, 2.45) is 0 Å². The molecule has 6 heteroatoms. The Hall–Kier alpha value is -1.66. The van der Waals surface area contributed by atoms with Crippen molar-refractivity contribution in [2.45, 2.75) is 6.92 Å². The maximum Gasteiger partial charge on any atom is 0.488 e. The first-order valence-electron chi connectivity index (χ1n) is 4.44. The van der Waals surface area contributed by atoms with Gasteiger partial charge in [0.15, 0.2) is 0 Å². The summed E-state index contributed by atoms with van der Waals surface area (Å²) in [4.78, 5) is 11.2. The van der Waals surface area contributed by atoms with Crippen LogP contribution in [0.4, 0.5) is 0 Å². The lowest BCUT2D eigenvalue weighted by Crippen LogP contribution is -2.29. The Morgan fingerprint density at radius 3 is 2.80 bits per heavy atom. The molecule has 0 aliphatic carbocycles. The molecule has 1 aromatic carbocycles. The molecule has 5 nitrogen and oxygen atoms in total. The lowest BCUT2D eigenvalue weighted by atomic mass is 9.80. The van der Waals surface area contributed by atoms with Crippen LogP contribution in [-0.4, -0.2) is 32.9 Å². The zero-order valence-corrected chi connectivity index (χ0v) is 8.08. The highest BCUT2D eigenvalue weighted by atomic mass is 16.4. The second kappa shape index (κ2) is 3.49. The molecule has 0 aliphatic rings. The Labute approximate surface area is 86.1 Å². The highest BCUT2D eigenvalue weighted by Gasteiger charge is 2.13. The molecule has 1 aromatic heterocycles. The maximum absolute atomic E-state index is 11.2. The van der Waals surface area contributed by atoms with Crippen LogP contribution in [0.1, 0.15) is 11.7 Å². The van der Waals surface area contributed by atoms with Gasteiger partial charge < -0.3 is 10.0 Å². The van der Waals surface area contributed by atoms with Crippen molar-refractivity contribution in [3.05, 3.63) is 24.4 Å². The number of rotatable bonds is 1. The minimum Gasteiger partial charge on any atom is -0.423 e. The number of hydrogen-bond donors (Lipinski definition) is 2. The number of carbonyl (C=O) groups is 1. The SMILES string of the molecule is CC(=O)n1ncc2ccc(B(O)O)cc21. The van der Waals surface area contributed by atoms with Crippen LogP contribution in [0.3, 0.4) is 0 Å². The van der Waals surface area contributed by atoms with Crippen molar-refractivity contribution in [1.82, 2.24) is 9.78 Å². The van der Waals surface area contributed by atoms with Crippen molar-refractivity contribution in [3.63, 3.8) is 0 Å². The predicted molar refractivity (Wildman–Crippen MR) is 55.9 cm³/mol. The molecule has 15 heavy (non-hydrogen) atoms. The molecule has 76 valence electrons. The van der Waals surface area contributed by atoms with E-state index >= 15 is 0 Å². The van der Waals surface area contributed by atoms with Gasteiger partial charge in [-0.1, -0.05) is 12.1 Å². The minimum atomic E-state index is -1.54. The largest absolute Gasteiger partial charge is 0.488 e. The number of carbonyl (C=O) groups excluding carboxylic acids is 1. The Morgan fingerprint density at radius 1 is 1.47 bits per heavy atom. The van der Waals surface area contributed by atoms with Crippen LogP contribution < -0.4 is 5.46 Å². The van der Waals surface area contributed by atoms with Gasteiger partial charge in [-0.25, -0.2) is 4.68 Å². The molecular weight excluding hydrogens is 195 g/mol. The van der Waals surface area contributed by atoms with Gasteiger partial charge in [0.1, 0.15) is 0 Å². The fraction of sp³-hybridized carbons (Fsp3) is 0.111. The molecular formula is C9H9BN2O3. The van der Waals surface area contributed by atoms with E-state index in [1.54, 1.807) is 18.3 Å². The first-order valence-corrected chi connectivity index (χ1v) is 4.44. The number of fused-ring (bicyclic) bond motifs is 1. The van der Waals surface area contributed by atoms with Crippen molar-refractivity contribution in [2.75, 3.05) is 0 Å². The van der Waals surface area contributed by atoms with Crippen LogP contribution >= 0.6 is 0 Å². The second-order valence-electron chi connectivity index (χ2n) is 3.27. The topological polar surface area (TPSA) is 75.4 Å². The van der Waals surface area contributed by atoms with Crippen molar-refractivity contribution < 1.29 is 14.8 Å². The van der Waals surface area contributed by atoms with Gasteiger partial charge in [0, 0.05) is 12.3 Å². The zero-order chi connectivity index (χ0) is 11.0. The third-order valence-corrected chi connectivity index (χ3v) is 2.19. The van der Waals surface area contributed by atoms with Gasteiger partial charge in [-0.05, 0) is 11.5 Å². The summed E-state index contributed by atoms with van der Waals surface area (Å²) in [5.41, 5.74) is 0.915. The Kier molecular flexibility index (Phi) is 2.30. The van der Waals surface area contributed by atoms with Gasteiger partial charge in [0.05, 0.1) is 11.7 Å². The third kappa shape index (κ3) is 1.64. The maximum atomic E-state index is 11.2. The molecule has 0 spiro atoms. The van der Waals surface area contributed by atoms with E-state index in [0.717, 1.165) is 5.39 Å². The summed E-state index contributed by atoms with van der Waals surface area (Å²) < 4.78 is 1.22. The highest BCUT2D eigenvalue weighted by molar-refractivity contribution is 6.58. The highest BCUT2D eigenvalue weighted by Crippen LogP contribution is 2.11. The molecule has 0 aliphatic heterocycles. The van der Waals surface area contributed by atoms with Crippen LogP contribution in [-0.2, 0) is 0 Å². The first-order chi connectivity index (χ1) is 7.09. The van der Waals surface area contributed by atoms with E-state index in [-0.39, 0.29) is 5.91 Å². The van der Waals surface area contributed by atoms with E-state index < -0.39 is 7.12 Å². The fourth-order valence-corrected chi connectivity index (χ4v) is 1.45. The predicted octanol–water partition coefficient (Wildman–Crippen LogP) is -0.624. The van der Waals surface area contributed by atoms with E-state index in [1.807, 2.05) is 0 Å². The Morgan fingerprint density at radius 2 is 2.20 bits per heavy atom. The van der Waals surface area contributed by atoms with Crippen LogP contribution in [0.15, 0.2) is 24.4 Å². The molecule has 0 unspecified atom stereocenters. The van der Waals surface area contributed by atoms with Gasteiger partial charge >= 0.3 is 7.12 Å². The first kappa shape index (κ1) is 9.88. The van der Waals surface area contributed by atoms with Crippen molar-refractivity contribution in [3.8, 4) is 0 Å². The summed E-state index contributed by atoms with van der Waals surface area (Å²) in [5.74, 6) is -0.213. The molecule has 0 atom stereocenters. The quantitative estimate of drug-likeness (QED) is 0.606. The van der Waals surface area contributed by atoms with Gasteiger partial charge in [0.25, 0.3) is 0 Å². The summed E-state index contributed by atoms with van der Waals surface area (Å²) in [6, 6.07) is 4.81. The lowest BCUT2D eigenvalue weighted by molar-refractivity contribution is 0.0927. The van der Waals surface area contributed by atoms with E-state index in [0.29, 0.717) is 11.0 Å². The standard InChI is InChI=1S/C9H9BN2O3/c1-6(13)12-9-4-8(10(14)15)3-2-7(9)5-11-12/h2-5,14-15H,1H3. The van der Waals surface area contributed by atoms with Gasteiger partial charge in [0.2, 0.25) is 5.91 Å². The average Bonchev–Trinajstić information content (AvgIpc) is 2.59. The van der Waals surface area contributed by atoms with E-state index in [1.165, 1.54) is 17.7 Å². The van der Waals surface area contributed by atoms with Gasteiger partial charge in [-0.3, -0.25) is 4.79 Å². The summed E-state index contributed by atoms with van der Waals surface area (Å²) in [6.45, 7) is 1.40. The molecule has 0 bridgehead atoms. The number of aromatic nitrogens is 2. The monoisotopic (exact) mass is 204 g/mol. The average molecular weight is 204 g/mol. The third-order valence-electron chi connectivity index (χ3n) is 2.19. The summed E-state index contributed by atoms with van der Waals surface area (Å²) in [6.07, 6.45) is 1.56. The number of benzene rings is 1. The molecule has 0 saturated heterocycles. The molecule has 2 rings (SSSR count). The van der Waals surface area contributed by atoms with Crippen molar-refractivity contribution >= 4 is 29.4 Å². The van der Waals surface area contributed by atoms with Crippen LogP contribution in [0.2, 0.25) is 0 Å². The summed E-state index contributed by atoms with van der Waals surface area (Å²) >= 11 is 0. The zero-order valence-electron chi connectivity index (χ0n) is 8.08. The Balaban J connectivity index is 2.66. The van der Waals surface area contributed by atoms with Gasteiger partial charge in [-0.2, -0.15) is 5.10 Å². The van der Waals surface area contributed by atoms with Crippen LogP contribution in [0.5, 0.6) is 0 Å². The Bertz CT molecular complexity index is 521. The molecule has 2 N–H and O–H groups in total. The minimum absolute atomic E-state index is 0.213. The van der Waals surface area contributed by atoms with Gasteiger partial charge in [-0.15, -0.1) is 0 Å². The second-order valence-corrected chi connectivity index (χ2v) is 3.27. The van der Waals surface area contributed by atoms with E-state index in [9.17, 15) is 4.79 Å². The van der Waals surface area contributed by atoms with E-state index in [4.69, 9.17) is 10.0 Å². The number of nitrogens with zero attached hydrogens (tertiary/aromatic N) is 2. The summed E-state index contributed by atoms with van der Waals surface area (Å²) in [7, 11) is -1.54. The normalized spacial score (nSPS) is 10.6.